The summed E-state index contributed by atoms with van der Waals surface area (Å²) in [7, 11) is 0. The molecule has 0 bridgehead atoms. The van der Waals surface area contributed by atoms with Crippen molar-refractivity contribution in [3.05, 3.63) is 83.4 Å². The molecular formula is C30H33N3O2. The van der Waals surface area contributed by atoms with Crippen LogP contribution in [0, 0.1) is 0 Å². The molecule has 3 aromatic carbocycles. The van der Waals surface area contributed by atoms with Gasteiger partial charge in [0.25, 0.3) is 5.91 Å². The van der Waals surface area contributed by atoms with Crippen molar-refractivity contribution in [2.24, 2.45) is 0 Å². The van der Waals surface area contributed by atoms with E-state index in [1.807, 2.05) is 54.6 Å². The number of fused-ring (bicyclic) bond motifs is 1. The summed E-state index contributed by atoms with van der Waals surface area (Å²) in [5.41, 5.74) is 6.05. The molecule has 5 heteroatoms. The highest BCUT2D eigenvalue weighted by atomic mass is 16.1. The molecule has 1 saturated heterocycles. The summed E-state index contributed by atoms with van der Waals surface area (Å²) in [6.07, 6.45) is 6.49. The maximum absolute atomic E-state index is 13.0. The Kier molecular flexibility index (Phi) is 7.24. The summed E-state index contributed by atoms with van der Waals surface area (Å²) in [6.45, 7) is 4.33. The van der Waals surface area contributed by atoms with Crippen LogP contribution in [0.25, 0.3) is 11.1 Å². The molecule has 0 unspecified atom stereocenters. The van der Waals surface area contributed by atoms with Crippen LogP contribution in [0.4, 0.5) is 11.4 Å². The first-order chi connectivity index (χ1) is 17.2. The molecule has 0 spiro atoms. The monoisotopic (exact) mass is 467 g/mol. The molecule has 0 atom stereocenters. The molecule has 5 rings (SSSR count). The predicted octanol–water partition coefficient (Wildman–Crippen LogP) is 6.02. The maximum Gasteiger partial charge on any atom is 0.255 e. The lowest BCUT2D eigenvalue weighted by Crippen LogP contribution is -2.29. The van der Waals surface area contributed by atoms with Gasteiger partial charge in [-0.15, -0.1) is 0 Å². The van der Waals surface area contributed by atoms with Crippen molar-refractivity contribution in [3.8, 4) is 11.1 Å². The number of Topliss-reactive ketones (excluding diaryl/α,β-unsaturated/α-hetero) is 1. The first-order valence-electron chi connectivity index (χ1n) is 12.8. The number of hydrogen-bond donors (Lipinski definition) is 2. The molecule has 3 aromatic rings. The number of benzene rings is 3. The fourth-order valence-corrected chi connectivity index (χ4v) is 5.23. The van der Waals surface area contributed by atoms with E-state index in [9.17, 15) is 9.59 Å². The molecule has 1 aliphatic carbocycles. The zero-order valence-electron chi connectivity index (χ0n) is 20.2. The third kappa shape index (κ3) is 5.46. The molecule has 1 amide bonds. The number of amides is 1. The van der Waals surface area contributed by atoms with E-state index in [4.69, 9.17) is 0 Å². The lowest BCUT2D eigenvalue weighted by molar-refractivity contribution is 0.0995. The largest absolute Gasteiger partial charge is 0.384 e. The van der Waals surface area contributed by atoms with Gasteiger partial charge in [0.15, 0.2) is 5.78 Å². The van der Waals surface area contributed by atoms with Crippen LogP contribution in [-0.4, -0.2) is 42.8 Å². The second-order valence-corrected chi connectivity index (χ2v) is 9.52. The van der Waals surface area contributed by atoms with Crippen LogP contribution in [0.2, 0.25) is 0 Å². The highest BCUT2D eigenvalue weighted by Gasteiger charge is 2.27. The minimum atomic E-state index is -0.199. The normalized spacial score (nSPS) is 15.9. The number of rotatable bonds is 7. The van der Waals surface area contributed by atoms with E-state index < -0.39 is 0 Å². The third-order valence-electron chi connectivity index (χ3n) is 7.13. The minimum Gasteiger partial charge on any atom is -0.384 e. The van der Waals surface area contributed by atoms with Crippen LogP contribution >= 0.6 is 0 Å². The van der Waals surface area contributed by atoms with Gasteiger partial charge in [-0.05, 0) is 79.4 Å². The summed E-state index contributed by atoms with van der Waals surface area (Å²) in [5.74, 6) is -0.104. The summed E-state index contributed by atoms with van der Waals surface area (Å²) in [6, 6.07) is 21.6. The molecule has 35 heavy (non-hydrogen) atoms. The van der Waals surface area contributed by atoms with Crippen LogP contribution in [0.1, 0.15) is 58.4 Å². The van der Waals surface area contributed by atoms with Gasteiger partial charge in [-0.25, -0.2) is 0 Å². The second-order valence-electron chi connectivity index (χ2n) is 9.52. The van der Waals surface area contributed by atoms with E-state index in [2.05, 4.69) is 27.7 Å². The average molecular weight is 468 g/mol. The Bertz CT molecular complexity index is 1180. The fraction of sp³-hybridized carbons (Fsp3) is 0.333. The number of nitrogens with zero attached hydrogens (tertiary/aromatic N) is 1. The van der Waals surface area contributed by atoms with Crippen molar-refractivity contribution in [2.75, 3.05) is 36.8 Å². The lowest BCUT2D eigenvalue weighted by Gasteiger charge is -2.20. The van der Waals surface area contributed by atoms with E-state index in [1.54, 1.807) is 0 Å². The SMILES string of the molecule is O=C(Nc1ccc(-c2ccccc2)c2c1C(=O)CC2)c1ccc(NCCN2CCCCCC2)cc1. The molecule has 2 N–H and O–H groups in total. The Morgan fingerprint density at radius 2 is 1.57 bits per heavy atom. The molecule has 180 valence electrons. The van der Waals surface area contributed by atoms with Crippen LogP contribution in [0.3, 0.4) is 0 Å². The summed E-state index contributed by atoms with van der Waals surface area (Å²) in [5, 5.41) is 6.46. The summed E-state index contributed by atoms with van der Waals surface area (Å²) < 4.78 is 0. The highest BCUT2D eigenvalue weighted by molar-refractivity contribution is 6.12. The highest BCUT2D eigenvalue weighted by Crippen LogP contribution is 2.37. The maximum atomic E-state index is 13.0. The Labute approximate surface area is 207 Å². The Hall–Kier alpha value is -3.44. The van der Waals surface area contributed by atoms with Gasteiger partial charge in [0.2, 0.25) is 0 Å². The van der Waals surface area contributed by atoms with E-state index in [-0.39, 0.29) is 11.7 Å². The number of ketones is 1. The van der Waals surface area contributed by atoms with Crippen molar-refractivity contribution in [1.29, 1.82) is 0 Å². The van der Waals surface area contributed by atoms with Crippen molar-refractivity contribution >= 4 is 23.1 Å². The molecule has 0 aromatic heterocycles. The first kappa shape index (κ1) is 23.3. The van der Waals surface area contributed by atoms with Crippen LogP contribution < -0.4 is 10.6 Å². The Morgan fingerprint density at radius 3 is 2.31 bits per heavy atom. The number of anilines is 2. The van der Waals surface area contributed by atoms with Gasteiger partial charge in [0.1, 0.15) is 0 Å². The van der Waals surface area contributed by atoms with Gasteiger partial charge < -0.3 is 15.5 Å². The third-order valence-corrected chi connectivity index (χ3v) is 7.13. The van der Waals surface area contributed by atoms with Gasteiger partial charge in [-0.1, -0.05) is 49.2 Å². The topological polar surface area (TPSA) is 61.4 Å². The number of carbonyl (C=O) groups is 2. The van der Waals surface area contributed by atoms with Crippen LogP contribution in [-0.2, 0) is 6.42 Å². The smallest absolute Gasteiger partial charge is 0.255 e. The van der Waals surface area contributed by atoms with E-state index >= 15 is 0 Å². The van der Waals surface area contributed by atoms with Gasteiger partial charge >= 0.3 is 0 Å². The second kappa shape index (κ2) is 10.9. The fourth-order valence-electron chi connectivity index (χ4n) is 5.23. The van der Waals surface area contributed by atoms with Gasteiger partial charge in [0, 0.05) is 36.3 Å². The quantitative estimate of drug-likeness (QED) is 0.446. The molecular weight excluding hydrogens is 434 g/mol. The molecule has 5 nitrogen and oxygen atoms in total. The number of likely N-dealkylation sites (tertiary alicyclic amines) is 1. The Balaban J connectivity index is 1.23. The molecule has 0 radical (unpaired) electrons. The molecule has 2 aliphatic rings. The van der Waals surface area contributed by atoms with E-state index in [0.29, 0.717) is 29.7 Å². The Morgan fingerprint density at radius 1 is 0.829 bits per heavy atom. The zero-order chi connectivity index (χ0) is 24.0. The van der Waals surface area contributed by atoms with Crippen molar-refractivity contribution in [3.63, 3.8) is 0 Å². The van der Waals surface area contributed by atoms with Crippen LogP contribution in [0.15, 0.2) is 66.7 Å². The average Bonchev–Trinajstić information content (AvgIpc) is 3.10. The van der Waals surface area contributed by atoms with E-state index in [0.717, 1.165) is 35.5 Å². The van der Waals surface area contributed by atoms with Crippen molar-refractivity contribution in [2.45, 2.75) is 38.5 Å². The molecule has 1 heterocycles. The van der Waals surface area contributed by atoms with Crippen molar-refractivity contribution in [1.82, 2.24) is 4.90 Å². The number of nitrogens with one attached hydrogen (secondary N) is 2. The first-order valence-corrected chi connectivity index (χ1v) is 12.8. The van der Waals surface area contributed by atoms with Crippen molar-refractivity contribution < 1.29 is 9.59 Å². The van der Waals surface area contributed by atoms with Crippen LogP contribution in [0.5, 0.6) is 0 Å². The molecule has 1 aliphatic heterocycles. The number of carbonyl (C=O) groups excluding carboxylic acids is 2. The summed E-state index contributed by atoms with van der Waals surface area (Å²) in [4.78, 5) is 28.2. The predicted molar refractivity (Wildman–Crippen MR) is 142 cm³/mol. The minimum absolute atomic E-state index is 0.0945. The van der Waals surface area contributed by atoms with E-state index in [1.165, 1.54) is 38.8 Å². The van der Waals surface area contributed by atoms with Gasteiger partial charge in [-0.3, -0.25) is 9.59 Å². The number of hydrogen-bond acceptors (Lipinski definition) is 4. The lowest BCUT2D eigenvalue weighted by atomic mass is 9.95. The van der Waals surface area contributed by atoms with Gasteiger partial charge in [0.05, 0.1) is 5.69 Å². The molecule has 0 saturated carbocycles. The standard InChI is InChI=1S/C30H33N3O2/c34-28-17-15-26-25(22-8-4-3-5-9-22)14-16-27(29(26)28)32-30(35)23-10-12-24(13-11-23)31-18-21-33-19-6-1-2-7-20-33/h3-5,8-14,16,31H,1-2,6-7,15,17-21H2,(H,32,35). The molecule has 1 fully saturated rings. The summed E-state index contributed by atoms with van der Waals surface area (Å²) >= 11 is 0. The zero-order valence-corrected chi connectivity index (χ0v) is 20.2. The van der Waals surface area contributed by atoms with Gasteiger partial charge in [-0.2, -0.15) is 0 Å².